The van der Waals surface area contributed by atoms with Gasteiger partial charge in [-0.25, -0.2) is 9.59 Å². The summed E-state index contributed by atoms with van der Waals surface area (Å²) >= 11 is 5.45. The van der Waals surface area contributed by atoms with Gasteiger partial charge in [-0.05, 0) is 66.7 Å². The fraction of sp³-hybridized carbons (Fsp3) is 0.393. The molecule has 1 heterocycles. The van der Waals surface area contributed by atoms with Crippen LogP contribution < -0.4 is 16.0 Å². The number of thiocarbonyl (C=S) groups is 1. The van der Waals surface area contributed by atoms with Gasteiger partial charge in [0.2, 0.25) is 0 Å². The van der Waals surface area contributed by atoms with Crippen molar-refractivity contribution in [2.24, 2.45) is 0 Å². The Morgan fingerprint density at radius 3 is 2.14 bits per heavy atom. The third-order valence-corrected chi connectivity index (χ3v) is 6.75. The van der Waals surface area contributed by atoms with E-state index in [2.05, 4.69) is 55.8 Å². The van der Waals surface area contributed by atoms with Gasteiger partial charge in [0, 0.05) is 24.1 Å². The largest absolute Gasteiger partial charge is 0.463 e. The van der Waals surface area contributed by atoms with Crippen LogP contribution in [0.1, 0.15) is 76.1 Å². The first-order valence-electron chi connectivity index (χ1n) is 12.3. The molecule has 2 aromatic rings. The minimum atomic E-state index is -0.442. The smallest absolute Gasteiger partial charge is 0.338 e. The predicted octanol–water partition coefficient (Wildman–Crippen LogP) is 6.28. The van der Waals surface area contributed by atoms with Crippen LogP contribution in [-0.4, -0.2) is 35.7 Å². The molecule has 0 unspecified atom stereocenters. The zero-order chi connectivity index (χ0) is 26.6. The van der Waals surface area contributed by atoms with Gasteiger partial charge in [-0.3, -0.25) is 0 Å². The average Bonchev–Trinajstić information content (AvgIpc) is 2.82. The van der Waals surface area contributed by atoms with Crippen LogP contribution in [0.2, 0.25) is 0 Å². The van der Waals surface area contributed by atoms with Gasteiger partial charge in [0.25, 0.3) is 0 Å². The van der Waals surface area contributed by atoms with Crippen molar-refractivity contribution in [3.63, 3.8) is 0 Å². The summed E-state index contributed by atoms with van der Waals surface area (Å²) in [6.45, 7) is 12.4. The number of allylic oxidation sites excluding steroid dienone is 1. The molecule has 0 saturated heterocycles. The molecule has 1 aliphatic rings. The summed E-state index contributed by atoms with van der Waals surface area (Å²) in [5.41, 5.74) is 5.80. The van der Waals surface area contributed by atoms with Gasteiger partial charge in [-0.1, -0.05) is 58.0 Å². The van der Waals surface area contributed by atoms with E-state index in [4.69, 9.17) is 17.0 Å². The van der Waals surface area contributed by atoms with Crippen molar-refractivity contribution in [3.8, 4) is 0 Å². The van der Waals surface area contributed by atoms with Crippen LogP contribution in [0.25, 0.3) is 0 Å². The van der Waals surface area contributed by atoms with Crippen molar-refractivity contribution < 1.29 is 14.3 Å². The highest BCUT2D eigenvalue weighted by Gasteiger charge is 2.33. The molecule has 1 atom stereocenters. The summed E-state index contributed by atoms with van der Waals surface area (Å²) in [7, 11) is 1.81. The number of carbonyl (C=O) groups excluding carboxylic acids is 2. The molecule has 0 saturated carbocycles. The highest BCUT2D eigenvalue weighted by molar-refractivity contribution is 7.80. The molecule has 0 spiro atoms. The number of hydrogen-bond acceptors (Lipinski definition) is 4. The monoisotopic (exact) mass is 508 g/mol. The van der Waals surface area contributed by atoms with Crippen molar-refractivity contribution in [2.45, 2.75) is 59.4 Å². The third-order valence-electron chi connectivity index (χ3n) is 6.36. The first kappa shape index (κ1) is 27.2. The summed E-state index contributed by atoms with van der Waals surface area (Å²) in [5.74, 6) is 0.168. The van der Waals surface area contributed by atoms with Gasteiger partial charge in [-0.2, -0.15) is 0 Å². The molecule has 0 radical (unpaired) electrons. The standard InChI is InChI=1S/C28H36N4O3S/c1-8-35-26(33)23-18(6)32(7)28(36)31-24(23)19-12-14-20(15-13-19)29-27(34)30-25-21(16(2)3)10-9-11-22(25)17(4)5/h9-17,24H,8H2,1-7H3,(H,31,36)(H2,29,30,34)/t24-/m0/s1. The summed E-state index contributed by atoms with van der Waals surface area (Å²) in [5, 5.41) is 9.74. The number of nitrogens with one attached hydrogen (secondary N) is 3. The molecule has 8 heteroatoms. The van der Waals surface area contributed by atoms with Gasteiger partial charge < -0.3 is 25.6 Å². The number of ether oxygens (including phenoxy) is 1. The van der Waals surface area contributed by atoms with E-state index in [9.17, 15) is 9.59 Å². The average molecular weight is 509 g/mol. The third kappa shape index (κ3) is 5.87. The molecule has 0 fully saturated rings. The number of esters is 1. The number of carbonyl (C=O) groups is 2. The number of hydrogen-bond donors (Lipinski definition) is 3. The minimum Gasteiger partial charge on any atom is -0.463 e. The van der Waals surface area contributed by atoms with E-state index in [0.717, 1.165) is 28.1 Å². The zero-order valence-electron chi connectivity index (χ0n) is 22.1. The fourth-order valence-corrected chi connectivity index (χ4v) is 4.54. The molecular weight excluding hydrogens is 472 g/mol. The molecule has 0 aliphatic carbocycles. The molecule has 2 amide bonds. The maximum atomic E-state index is 12.9. The van der Waals surface area contributed by atoms with E-state index in [0.29, 0.717) is 16.4 Å². The predicted molar refractivity (Wildman–Crippen MR) is 149 cm³/mol. The summed E-state index contributed by atoms with van der Waals surface area (Å²) < 4.78 is 5.30. The van der Waals surface area contributed by atoms with Crippen LogP contribution in [0.5, 0.6) is 0 Å². The molecule has 7 nitrogen and oxygen atoms in total. The number of benzene rings is 2. The minimum absolute atomic E-state index is 0.275. The Labute approximate surface area is 219 Å². The van der Waals surface area contributed by atoms with Crippen LogP contribution in [0, 0.1) is 0 Å². The SMILES string of the molecule is CCOC(=O)C1=C(C)N(C)C(=S)N[C@H]1c1ccc(NC(=O)Nc2c(C(C)C)cccc2C(C)C)cc1. The van der Waals surface area contributed by atoms with Gasteiger partial charge in [-0.15, -0.1) is 0 Å². The number of anilines is 2. The molecular formula is C28H36N4O3S. The molecule has 192 valence electrons. The number of amides is 2. The molecule has 0 bridgehead atoms. The van der Waals surface area contributed by atoms with Gasteiger partial charge >= 0.3 is 12.0 Å². The lowest BCUT2D eigenvalue weighted by atomic mass is 9.93. The van der Waals surface area contributed by atoms with Gasteiger partial charge in [0.15, 0.2) is 5.11 Å². The summed E-state index contributed by atoms with van der Waals surface area (Å²) in [6.07, 6.45) is 0. The van der Waals surface area contributed by atoms with Crippen LogP contribution in [0.4, 0.5) is 16.2 Å². The first-order valence-corrected chi connectivity index (χ1v) is 12.7. The summed E-state index contributed by atoms with van der Waals surface area (Å²) in [6, 6.07) is 12.8. The normalized spacial score (nSPS) is 15.8. The van der Waals surface area contributed by atoms with E-state index >= 15 is 0 Å². The Morgan fingerprint density at radius 2 is 1.61 bits per heavy atom. The van der Waals surface area contributed by atoms with Gasteiger partial charge in [0.05, 0.1) is 18.2 Å². The van der Waals surface area contributed by atoms with E-state index in [1.807, 2.05) is 44.3 Å². The second-order valence-electron chi connectivity index (χ2n) is 9.48. The van der Waals surface area contributed by atoms with E-state index < -0.39 is 6.04 Å². The number of rotatable bonds is 7. The van der Waals surface area contributed by atoms with Crippen LogP contribution in [0.3, 0.4) is 0 Å². The Kier molecular flexibility index (Phi) is 8.74. The molecule has 3 N–H and O–H groups in total. The van der Waals surface area contributed by atoms with Crippen LogP contribution >= 0.6 is 12.2 Å². The lowest BCUT2D eigenvalue weighted by Gasteiger charge is -2.35. The van der Waals surface area contributed by atoms with Crippen molar-refractivity contribution in [1.82, 2.24) is 10.2 Å². The summed E-state index contributed by atoms with van der Waals surface area (Å²) in [4.78, 5) is 27.4. The Morgan fingerprint density at radius 1 is 1.03 bits per heavy atom. The second kappa shape index (κ2) is 11.6. The van der Waals surface area contributed by atoms with Crippen LogP contribution in [0.15, 0.2) is 53.7 Å². The van der Waals surface area contributed by atoms with E-state index in [-0.39, 0.29) is 30.4 Å². The Balaban J connectivity index is 1.82. The first-order chi connectivity index (χ1) is 17.0. The van der Waals surface area contributed by atoms with Crippen LogP contribution in [-0.2, 0) is 9.53 Å². The Hall–Kier alpha value is -3.39. The maximum Gasteiger partial charge on any atom is 0.338 e. The Bertz CT molecular complexity index is 1150. The molecule has 1 aliphatic heterocycles. The number of para-hydroxylation sites is 1. The van der Waals surface area contributed by atoms with Gasteiger partial charge in [0.1, 0.15) is 0 Å². The van der Waals surface area contributed by atoms with Crippen molar-refractivity contribution in [3.05, 3.63) is 70.4 Å². The van der Waals surface area contributed by atoms with E-state index in [1.54, 1.807) is 11.8 Å². The molecule has 36 heavy (non-hydrogen) atoms. The maximum absolute atomic E-state index is 12.9. The topological polar surface area (TPSA) is 82.7 Å². The number of nitrogens with zero attached hydrogens (tertiary/aromatic N) is 1. The fourth-order valence-electron chi connectivity index (χ4n) is 4.29. The van der Waals surface area contributed by atoms with Crippen molar-refractivity contribution >= 4 is 40.7 Å². The lowest BCUT2D eigenvalue weighted by Crippen LogP contribution is -2.46. The van der Waals surface area contributed by atoms with E-state index in [1.165, 1.54) is 0 Å². The quantitative estimate of drug-likeness (QED) is 0.302. The molecule has 0 aromatic heterocycles. The van der Waals surface area contributed by atoms with Crippen molar-refractivity contribution in [2.75, 3.05) is 24.3 Å². The molecule has 3 rings (SSSR count). The highest BCUT2D eigenvalue weighted by Crippen LogP contribution is 2.33. The number of urea groups is 1. The molecule has 2 aromatic carbocycles. The van der Waals surface area contributed by atoms with Crippen molar-refractivity contribution in [1.29, 1.82) is 0 Å². The second-order valence-corrected chi connectivity index (χ2v) is 9.87. The zero-order valence-corrected chi connectivity index (χ0v) is 22.9. The lowest BCUT2D eigenvalue weighted by molar-refractivity contribution is -0.139. The highest BCUT2D eigenvalue weighted by atomic mass is 32.1.